The largest absolute Gasteiger partial charge is 0.398 e. The third kappa shape index (κ3) is 2.44. The van der Waals surface area contributed by atoms with E-state index in [1.165, 1.54) is 0 Å². The lowest BCUT2D eigenvalue weighted by atomic mass is 10.1. The maximum atomic E-state index is 5.95. The molecule has 2 rings (SSSR count). The zero-order chi connectivity index (χ0) is 10.5. The summed E-state index contributed by atoms with van der Waals surface area (Å²) in [7, 11) is 0. The van der Waals surface area contributed by atoms with E-state index in [0.29, 0.717) is 0 Å². The second-order valence-electron chi connectivity index (χ2n) is 3.22. The zero-order valence-electron chi connectivity index (χ0n) is 8.30. The Morgan fingerprint density at radius 2 is 1.73 bits per heavy atom. The summed E-state index contributed by atoms with van der Waals surface area (Å²) in [4.78, 5) is 4.19. The minimum absolute atomic E-state index is 0.731. The molecular weight excluding hydrogens is 184 g/mol. The fourth-order valence-corrected chi connectivity index (χ4v) is 1.33. The molecular formula is C13H12N2. The van der Waals surface area contributed by atoms with E-state index in [-0.39, 0.29) is 0 Å². The van der Waals surface area contributed by atoms with E-state index in [1.807, 2.05) is 54.6 Å². The van der Waals surface area contributed by atoms with Crippen LogP contribution in [-0.4, -0.2) is 4.98 Å². The summed E-state index contributed by atoms with van der Waals surface area (Å²) in [6.45, 7) is 0. The standard InChI is InChI=1S/C13H12N2/c14-13(11-6-2-1-3-7-11)10-12-8-4-5-9-15-12/h1-10H,14H2/b13-10-. The lowest BCUT2D eigenvalue weighted by molar-refractivity contribution is 1.29. The molecule has 0 radical (unpaired) electrons. The van der Waals surface area contributed by atoms with Crippen LogP contribution in [0.5, 0.6) is 0 Å². The van der Waals surface area contributed by atoms with Gasteiger partial charge in [-0.05, 0) is 23.8 Å². The third-order valence-electron chi connectivity index (χ3n) is 2.10. The predicted octanol–water partition coefficient (Wildman–Crippen LogP) is 2.54. The molecule has 0 unspecified atom stereocenters. The van der Waals surface area contributed by atoms with Crippen molar-refractivity contribution >= 4 is 11.8 Å². The second-order valence-corrected chi connectivity index (χ2v) is 3.22. The van der Waals surface area contributed by atoms with E-state index in [0.717, 1.165) is 17.0 Å². The van der Waals surface area contributed by atoms with Crippen LogP contribution < -0.4 is 5.73 Å². The third-order valence-corrected chi connectivity index (χ3v) is 2.10. The highest BCUT2D eigenvalue weighted by Gasteiger charge is 1.95. The number of pyridine rings is 1. The maximum absolute atomic E-state index is 5.95. The van der Waals surface area contributed by atoms with Gasteiger partial charge in [-0.2, -0.15) is 0 Å². The van der Waals surface area contributed by atoms with Gasteiger partial charge in [0.1, 0.15) is 0 Å². The van der Waals surface area contributed by atoms with E-state index in [2.05, 4.69) is 4.98 Å². The van der Waals surface area contributed by atoms with Crippen molar-refractivity contribution in [2.45, 2.75) is 0 Å². The zero-order valence-corrected chi connectivity index (χ0v) is 8.30. The molecule has 0 amide bonds. The fraction of sp³-hybridized carbons (Fsp3) is 0. The Balaban J connectivity index is 2.29. The van der Waals surface area contributed by atoms with Crippen molar-refractivity contribution in [3.8, 4) is 0 Å². The van der Waals surface area contributed by atoms with E-state index in [9.17, 15) is 0 Å². The van der Waals surface area contributed by atoms with Crippen LogP contribution in [0.2, 0.25) is 0 Å². The summed E-state index contributed by atoms with van der Waals surface area (Å²) in [5.41, 5.74) is 8.57. The maximum Gasteiger partial charge on any atom is 0.0650 e. The van der Waals surface area contributed by atoms with Crippen molar-refractivity contribution in [1.29, 1.82) is 0 Å². The minimum Gasteiger partial charge on any atom is -0.398 e. The van der Waals surface area contributed by atoms with Crippen LogP contribution in [0.3, 0.4) is 0 Å². The van der Waals surface area contributed by atoms with Crippen molar-refractivity contribution in [2.75, 3.05) is 0 Å². The first-order valence-electron chi connectivity index (χ1n) is 4.80. The van der Waals surface area contributed by atoms with E-state index in [4.69, 9.17) is 5.73 Å². The molecule has 0 spiro atoms. The van der Waals surface area contributed by atoms with Crippen LogP contribution in [-0.2, 0) is 0 Å². The molecule has 1 aromatic carbocycles. The Labute approximate surface area is 89.1 Å². The molecule has 0 atom stereocenters. The first-order chi connectivity index (χ1) is 7.36. The summed E-state index contributed by atoms with van der Waals surface area (Å²) in [6.07, 6.45) is 3.62. The van der Waals surface area contributed by atoms with Gasteiger partial charge in [0.05, 0.1) is 5.69 Å². The number of aromatic nitrogens is 1. The molecule has 2 heteroatoms. The molecule has 1 heterocycles. The molecule has 0 saturated heterocycles. The molecule has 74 valence electrons. The van der Waals surface area contributed by atoms with Crippen LogP contribution in [0.4, 0.5) is 0 Å². The number of nitrogens with zero attached hydrogens (tertiary/aromatic N) is 1. The quantitative estimate of drug-likeness (QED) is 0.801. The predicted molar refractivity (Wildman–Crippen MR) is 62.7 cm³/mol. The van der Waals surface area contributed by atoms with Crippen molar-refractivity contribution in [3.05, 3.63) is 66.0 Å². The van der Waals surface area contributed by atoms with Crippen LogP contribution in [0.1, 0.15) is 11.3 Å². The van der Waals surface area contributed by atoms with E-state index < -0.39 is 0 Å². The van der Waals surface area contributed by atoms with Gasteiger partial charge in [0.2, 0.25) is 0 Å². The molecule has 0 bridgehead atoms. The lowest BCUT2D eigenvalue weighted by Gasteiger charge is -2.00. The average Bonchev–Trinajstić information content (AvgIpc) is 2.31. The SMILES string of the molecule is N/C(=C\c1ccccn1)c1ccccc1. The van der Waals surface area contributed by atoms with Crippen molar-refractivity contribution < 1.29 is 0 Å². The minimum atomic E-state index is 0.731. The lowest BCUT2D eigenvalue weighted by Crippen LogP contribution is -1.95. The van der Waals surface area contributed by atoms with Crippen LogP contribution >= 0.6 is 0 Å². The molecule has 2 N–H and O–H groups in total. The molecule has 0 aliphatic carbocycles. The van der Waals surface area contributed by atoms with Crippen molar-refractivity contribution in [3.63, 3.8) is 0 Å². The van der Waals surface area contributed by atoms with Crippen molar-refractivity contribution in [1.82, 2.24) is 4.98 Å². The molecule has 2 nitrogen and oxygen atoms in total. The second kappa shape index (κ2) is 4.42. The number of nitrogens with two attached hydrogens (primary N) is 1. The first kappa shape index (κ1) is 9.46. The van der Waals surface area contributed by atoms with Gasteiger partial charge in [0.15, 0.2) is 0 Å². The molecule has 1 aromatic heterocycles. The van der Waals surface area contributed by atoms with Gasteiger partial charge in [-0.3, -0.25) is 4.98 Å². The summed E-state index contributed by atoms with van der Waals surface area (Å²) < 4.78 is 0. The molecule has 0 aliphatic rings. The first-order valence-corrected chi connectivity index (χ1v) is 4.80. The van der Waals surface area contributed by atoms with Gasteiger partial charge in [0.25, 0.3) is 0 Å². The molecule has 2 aromatic rings. The number of benzene rings is 1. The Hall–Kier alpha value is -2.09. The van der Waals surface area contributed by atoms with Crippen molar-refractivity contribution in [2.24, 2.45) is 5.73 Å². The average molecular weight is 196 g/mol. The molecule has 0 aliphatic heterocycles. The van der Waals surface area contributed by atoms with Gasteiger partial charge in [-0.25, -0.2) is 0 Å². The molecule has 0 fully saturated rings. The molecule has 0 saturated carbocycles. The van der Waals surface area contributed by atoms with Crippen LogP contribution in [0, 0.1) is 0 Å². The summed E-state index contributed by atoms with van der Waals surface area (Å²) in [5.74, 6) is 0. The Bertz CT molecular complexity index is 446. The van der Waals surface area contributed by atoms with E-state index in [1.54, 1.807) is 6.20 Å². The normalized spacial score (nSPS) is 11.3. The van der Waals surface area contributed by atoms with Crippen LogP contribution in [0.15, 0.2) is 54.7 Å². The topological polar surface area (TPSA) is 38.9 Å². The van der Waals surface area contributed by atoms with Gasteiger partial charge >= 0.3 is 0 Å². The molecule has 15 heavy (non-hydrogen) atoms. The fourth-order valence-electron chi connectivity index (χ4n) is 1.33. The smallest absolute Gasteiger partial charge is 0.0650 e. The Morgan fingerprint density at radius 3 is 2.40 bits per heavy atom. The Morgan fingerprint density at radius 1 is 1.00 bits per heavy atom. The highest BCUT2D eigenvalue weighted by atomic mass is 14.7. The summed E-state index contributed by atoms with van der Waals surface area (Å²) >= 11 is 0. The van der Waals surface area contributed by atoms with Gasteiger partial charge in [-0.15, -0.1) is 0 Å². The highest BCUT2D eigenvalue weighted by Crippen LogP contribution is 2.11. The summed E-state index contributed by atoms with van der Waals surface area (Å²) in [6, 6.07) is 15.6. The van der Waals surface area contributed by atoms with Gasteiger partial charge in [0, 0.05) is 11.9 Å². The summed E-state index contributed by atoms with van der Waals surface area (Å²) in [5, 5.41) is 0. The number of hydrogen-bond donors (Lipinski definition) is 1. The van der Waals surface area contributed by atoms with Crippen LogP contribution in [0.25, 0.3) is 11.8 Å². The van der Waals surface area contributed by atoms with E-state index >= 15 is 0 Å². The number of rotatable bonds is 2. The van der Waals surface area contributed by atoms with Gasteiger partial charge < -0.3 is 5.73 Å². The monoisotopic (exact) mass is 196 g/mol. The Kier molecular flexibility index (Phi) is 2.79. The van der Waals surface area contributed by atoms with Gasteiger partial charge in [-0.1, -0.05) is 36.4 Å². The number of hydrogen-bond acceptors (Lipinski definition) is 2. The highest BCUT2D eigenvalue weighted by molar-refractivity contribution is 5.78.